The fourth-order valence-electron chi connectivity index (χ4n) is 2.84. The highest BCUT2D eigenvalue weighted by Crippen LogP contribution is 2.23. The predicted molar refractivity (Wildman–Crippen MR) is 109 cm³/mol. The third-order valence-electron chi connectivity index (χ3n) is 4.22. The van der Waals surface area contributed by atoms with Crippen LogP contribution in [0.15, 0.2) is 71.3 Å². The Kier molecular flexibility index (Phi) is 4.58. The van der Waals surface area contributed by atoms with E-state index in [1.807, 2.05) is 19.2 Å². The first-order chi connectivity index (χ1) is 12.7. The monoisotopic (exact) mass is 407 g/mol. The molecule has 0 radical (unpaired) electrons. The van der Waals surface area contributed by atoms with Crippen LogP contribution < -0.4 is 10.6 Å². The Balaban J connectivity index is 1.52. The van der Waals surface area contributed by atoms with Crippen LogP contribution >= 0.6 is 15.9 Å². The molecule has 4 aromatic rings. The van der Waals surface area contributed by atoms with Crippen molar-refractivity contribution < 1.29 is 0 Å². The second kappa shape index (κ2) is 7.17. The third-order valence-corrected chi connectivity index (χ3v) is 4.78. The van der Waals surface area contributed by atoms with Gasteiger partial charge in [-0.05, 0) is 32.6 Å². The standard InChI is InChI=1S/C20H18BrN5/c1-22-19-11-18(25-20-17(21)13-24-26(19)20)23-12-14-7-9-16(10-8-14)15-5-3-2-4-6-15/h2-11,13,22H,12H2,1H3,(H,23,25). The van der Waals surface area contributed by atoms with E-state index in [2.05, 4.69) is 85.2 Å². The van der Waals surface area contributed by atoms with Crippen molar-refractivity contribution in [3.05, 3.63) is 76.9 Å². The molecule has 0 atom stereocenters. The van der Waals surface area contributed by atoms with Crippen LogP contribution in [0, 0.1) is 0 Å². The Labute approximate surface area is 160 Å². The Bertz CT molecular complexity index is 1030. The first-order valence-corrected chi connectivity index (χ1v) is 9.14. The summed E-state index contributed by atoms with van der Waals surface area (Å²) in [7, 11) is 1.87. The molecule has 0 bridgehead atoms. The molecule has 2 aromatic heterocycles. The topological polar surface area (TPSA) is 54.2 Å². The molecule has 0 aliphatic heterocycles. The SMILES string of the molecule is CNc1cc(NCc2ccc(-c3ccccc3)cc2)nc2c(Br)cnn12. The molecule has 0 saturated carbocycles. The number of hydrogen-bond acceptors (Lipinski definition) is 4. The molecule has 0 aliphatic carbocycles. The number of anilines is 2. The van der Waals surface area contributed by atoms with Crippen LogP contribution in [0.25, 0.3) is 16.8 Å². The summed E-state index contributed by atoms with van der Waals surface area (Å²) in [6.45, 7) is 0.702. The molecule has 2 aromatic carbocycles. The maximum Gasteiger partial charge on any atom is 0.173 e. The molecule has 4 rings (SSSR count). The molecule has 0 saturated heterocycles. The highest BCUT2D eigenvalue weighted by atomic mass is 79.9. The Morgan fingerprint density at radius 1 is 1.00 bits per heavy atom. The van der Waals surface area contributed by atoms with Crippen molar-refractivity contribution in [2.24, 2.45) is 0 Å². The van der Waals surface area contributed by atoms with E-state index in [0.717, 1.165) is 21.8 Å². The van der Waals surface area contributed by atoms with Gasteiger partial charge in [0, 0.05) is 19.7 Å². The Hall–Kier alpha value is -2.86. The number of fused-ring (bicyclic) bond motifs is 1. The summed E-state index contributed by atoms with van der Waals surface area (Å²) >= 11 is 3.49. The molecule has 130 valence electrons. The quantitative estimate of drug-likeness (QED) is 0.498. The summed E-state index contributed by atoms with van der Waals surface area (Å²) in [5, 5.41) is 10.8. The number of nitrogens with one attached hydrogen (secondary N) is 2. The largest absolute Gasteiger partial charge is 0.373 e. The highest BCUT2D eigenvalue weighted by molar-refractivity contribution is 9.10. The molecule has 5 nitrogen and oxygen atoms in total. The van der Waals surface area contributed by atoms with Gasteiger partial charge in [-0.15, -0.1) is 0 Å². The summed E-state index contributed by atoms with van der Waals surface area (Å²) in [6, 6.07) is 20.9. The van der Waals surface area contributed by atoms with Gasteiger partial charge in [-0.25, -0.2) is 4.98 Å². The number of aromatic nitrogens is 3. The maximum atomic E-state index is 4.63. The molecule has 0 spiro atoms. The van der Waals surface area contributed by atoms with Crippen molar-refractivity contribution in [2.45, 2.75) is 6.54 Å². The average molecular weight is 408 g/mol. The van der Waals surface area contributed by atoms with Crippen molar-refractivity contribution in [3.8, 4) is 11.1 Å². The molecular weight excluding hydrogens is 390 g/mol. The number of hydrogen-bond donors (Lipinski definition) is 2. The van der Waals surface area contributed by atoms with Crippen LogP contribution in [0.5, 0.6) is 0 Å². The normalized spacial score (nSPS) is 10.8. The van der Waals surface area contributed by atoms with Crippen molar-refractivity contribution >= 4 is 33.2 Å². The smallest absolute Gasteiger partial charge is 0.173 e. The predicted octanol–water partition coefficient (Wildman–Crippen LogP) is 4.81. The average Bonchev–Trinajstić information content (AvgIpc) is 3.08. The van der Waals surface area contributed by atoms with Gasteiger partial charge in [-0.3, -0.25) is 0 Å². The van der Waals surface area contributed by atoms with E-state index in [9.17, 15) is 0 Å². The number of nitrogens with zero attached hydrogens (tertiary/aromatic N) is 3. The van der Waals surface area contributed by atoms with E-state index >= 15 is 0 Å². The number of benzene rings is 2. The molecule has 0 aliphatic rings. The van der Waals surface area contributed by atoms with Crippen LogP contribution in [0.4, 0.5) is 11.6 Å². The Morgan fingerprint density at radius 3 is 2.46 bits per heavy atom. The van der Waals surface area contributed by atoms with Gasteiger partial charge in [0.05, 0.1) is 10.7 Å². The van der Waals surface area contributed by atoms with Gasteiger partial charge >= 0.3 is 0 Å². The summed E-state index contributed by atoms with van der Waals surface area (Å²) < 4.78 is 2.63. The summed E-state index contributed by atoms with van der Waals surface area (Å²) in [4.78, 5) is 4.63. The molecule has 0 unspecified atom stereocenters. The second-order valence-corrected chi connectivity index (χ2v) is 6.78. The molecule has 6 heteroatoms. The molecule has 0 amide bonds. The van der Waals surface area contributed by atoms with Gasteiger partial charge < -0.3 is 10.6 Å². The van der Waals surface area contributed by atoms with Crippen molar-refractivity contribution in [2.75, 3.05) is 17.7 Å². The fourth-order valence-corrected chi connectivity index (χ4v) is 3.19. The zero-order valence-electron chi connectivity index (χ0n) is 14.3. The van der Waals surface area contributed by atoms with E-state index < -0.39 is 0 Å². The van der Waals surface area contributed by atoms with Crippen LogP contribution in [-0.2, 0) is 6.54 Å². The van der Waals surface area contributed by atoms with Gasteiger partial charge in [0.25, 0.3) is 0 Å². The van der Waals surface area contributed by atoms with Crippen LogP contribution in [0.1, 0.15) is 5.56 Å². The van der Waals surface area contributed by atoms with Crippen LogP contribution in [0.2, 0.25) is 0 Å². The van der Waals surface area contributed by atoms with E-state index in [4.69, 9.17) is 0 Å². The third kappa shape index (κ3) is 3.28. The molecule has 2 heterocycles. The van der Waals surface area contributed by atoms with Crippen molar-refractivity contribution in [1.29, 1.82) is 0 Å². The maximum absolute atomic E-state index is 4.63. The summed E-state index contributed by atoms with van der Waals surface area (Å²) in [5.74, 6) is 1.68. The van der Waals surface area contributed by atoms with Crippen molar-refractivity contribution in [1.82, 2.24) is 14.6 Å². The zero-order chi connectivity index (χ0) is 17.9. The lowest BCUT2D eigenvalue weighted by atomic mass is 10.0. The first kappa shape index (κ1) is 16.6. The lowest BCUT2D eigenvalue weighted by molar-refractivity contribution is 0.940. The van der Waals surface area contributed by atoms with E-state index in [1.165, 1.54) is 16.7 Å². The summed E-state index contributed by atoms with van der Waals surface area (Å²) in [5.41, 5.74) is 4.42. The van der Waals surface area contributed by atoms with Crippen LogP contribution in [-0.4, -0.2) is 21.6 Å². The van der Waals surface area contributed by atoms with E-state index in [-0.39, 0.29) is 0 Å². The molecular formula is C20H18BrN5. The molecule has 2 N–H and O–H groups in total. The van der Waals surface area contributed by atoms with Gasteiger partial charge in [0.2, 0.25) is 0 Å². The van der Waals surface area contributed by atoms with Gasteiger partial charge in [0.1, 0.15) is 11.6 Å². The van der Waals surface area contributed by atoms with Gasteiger partial charge in [-0.2, -0.15) is 9.61 Å². The lowest BCUT2D eigenvalue weighted by Crippen LogP contribution is -2.06. The minimum absolute atomic E-state index is 0.702. The minimum atomic E-state index is 0.702. The minimum Gasteiger partial charge on any atom is -0.373 e. The highest BCUT2D eigenvalue weighted by Gasteiger charge is 2.09. The second-order valence-electron chi connectivity index (χ2n) is 5.92. The first-order valence-electron chi connectivity index (χ1n) is 8.35. The lowest BCUT2D eigenvalue weighted by Gasteiger charge is -2.10. The van der Waals surface area contributed by atoms with Gasteiger partial charge in [0.15, 0.2) is 5.65 Å². The van der Waals surface area contributed by atoms with E-state index in [1.54, 1.807) is 10.7 Å². The fraction of sp³-hybridized carbons (Fsp3) is 0.100. The molecule has 0 fully saturated rings. The van der Waals surface area contributed by atoms with Gasteiger partial charge in [-0.1, -0.05) is 54.6 Å². The van der Waals surface area contributed by atoms with Crippen LogP contribution in [0.3, 0.4) is 0 Å². The Morgan fingerprint density at radius 2 is 1.73 bits per heavy atom. The summed E-state index contributed by atoms with van der Waals surface area (Å²) in [6.07, 6.45) is 1.75. The zero-order valence-corrected chi connectivity index (χ0v) is 15.9. The molecule has 26 heavy (non-hydrogen) atoms. The van der Waals surface area contributed by atoms with Crippen molar-refractivity contribution in [3.63, 3.8) is 0 Å². The van der Waals surface area contributed by atoms with E-state index in [0.29, 0.717) is 6.54 Å². The number of rotatable bonds is 5. The number of halogens is 1.